The summed E-state index contributed by atoms with van der Waals surface area (Å²) in [4.78, 5) is 69.5. The van der Waals surface area contributed by atoms with Crippen LogP contribution in [-0.2, 0) is 24.0 Å². The van der Waals surface area contributed by atoms with E-state index in [1.165, 1.54) is 19.2 Å². The zero-order chi connectivity index (χ0) is 33.4. The number of carboxylic acids is 1. The van der Waals surface area contributed by atoms with Crippen molar-refractivity contribution in [1.29, 1.82) is 0 Å². The number of methoxy groups -OCH3 is 1. The van der Waals surface area contributed by atoms with Crippen molar-refractivity contribution >= 4 is 78.7 Å². The van der Waals surface area contributed by atoms with E-state index in [9.17, 15) is 33.5 Å². The Morgan fingerprint density at radius 1 is 1.11 bits per heavy atom. The van der Waals surface area contributed by atoms with Gasteiger partial charge in [0.25, 0.3) is 0 Å². The summed E-state index contributed by atoms with van der Waals surface area (Å²) in [5.74, 6) is -7.62. The first-order valence-electron chi connectivity index (χ1n) is 14.6. The van der Waals surface area contributed by atoms with Crippen molar-refractivity contribution in [1.82, 2.24) is 4.90 Å². The summed E-state index contributed by atoms with van der Waals surface area (Å²) < 4.78 is 20.2. The number of nitrogens with zero attached hydrogens (tertiary/aromatic N) is 2. The van der Waals surface area contributed by atoms with E-state index in [0.717, 1.165) is 15.9 Å². The van der Waals surface area contributed by atoms with Gasteiger partial charge in [-0.15, -0.1) is 0 Å². The molecule has 2 heterocycles. The number of phenolic OH excluding ortho intramolecular Hbond substituents is 1. The predicted octanol–water partition coefficient (Wildman–Crippen LogP) is 5.81. The van der Waals surface area contributed by atoms with Crippen LogP contribution < -0.4 is 9.64 Å². The van der Waals surface area contributed by atoms with E-state index in [-0.39, 0.29) is 64.8 Å². The van der Waals surface area contributed by atoms with Gasteiger partial charge in [-0.1, -0.05) is 23.3 Å². The fourth-order valence-corrected chi connectivity index (χ4v) is 9.01. The number of aromatic hydroxyl groups is 1. The highest BCUT2D eigenvalue weighted by atomic mass is 79.9. The number of hydrogen-bond acceptors (Lipinski definition) is 7. The highest BCUT2D eigenvalue weighted by Gasteiger charge is 2.68. The average molecular weight is 783 g/mol. The Morgan fingerprint density at radius 3 is 2.48 bits per heavy atom. The van der Waals surface area contributed by atoms with Gasteiger partial charge in [0, 0.05) is 23.4 Å². The van der Waals surface area contributed by atoms with E-state index >= 15 is 0 Å². The Kier molecular flexibility index (Phi) is 8.34. The molecule has 6 unspecified atom stereocenters. The van der Waals surface area contributed by atoms with Crippen molar-refractivity contribution in [2.45, 2.75) is 38.5 Å². The van der Waals surface area contributed by atoms with Gasteiger partial charge < -0.3 is 14.9 Å². The van der Waals surface area contributed by atoms with Crippen LogP contribution in [0.25, 0.3) is 0 Å². The number of aliphatic carboxylic acids is 1. The van der Waals surface area contributed by atoms with E-state index in [0.29, 0.717) is 15.6 Å². The Morgan fingerprint density at radius 2 is 1.83 bits per heavy atom. The van der Waals surface area contributed by atoms with Crippen LogP contribution in [0.15, 0.2) is 44.9 Å². The van der Waals surface area contributed by atoms with Gasteiger partial charge in [-0.25, -0.2) is 9.29 Å². The van der Waals surface area contributed by atoms with Gasteiger partial charge in [-0.05, 0) is 93.8 Å². The molecule has 0 spiro atoms. The normalized spacial score (nSPS) is 28.7. The molecule has 2 aromatic rings. The molecule has 0 bridgehead atoms. The molecule has 2 aliphatic heterocycles. The minimum Gasteiger partial charge on any atom is -0.503 e. The highest BCUT2D eigenvalue weighted by molar-refractivity contribution is 9.13. The lowest BCUT2D eigenvalue weighted by Gasteiger charge is -2.49. The molecule has 2 saturated heterocycles. The van der Waals surface area contributed by atoms with Gasteiger partial charge in [0.15, 0.2) is 11.5 Å². The number of carbonyl (C=O) groups excluding carboxylic acids is 4. The number of carbonyl (C=O) groups is 5. The van der Waals surface area contributed by atoms with Crippen molar-refractivity contribution in [3.05, 3.63) is 61.3 Å². The van der Waals surface area contributed by atoms with Gasteiger partial charge in [0.2, 0.25) is 23.6 Å². The number of fused-ring (bicyclic) bond motifs is 4. The quantitative estimate of drug-likeness (QED) is 0.265. The van der Waals surface area contributed by atoms with Crippen molar-refractivity contribution in [2.75, 3.05) is 18.6 Å². The maximum absolute atomic E-state index is 14.6. The second-order valence-electron chi connectivity index (χ2n) is 12.2. The molecule has 14 heteroatoms. The molecule has 46 heavy (non-hydrogen) atoms. The molecule has 6 atom stereocenters. The molecule has 2 aromatic carbocycles. The summed E-state index contributed by atoms with van der Waals surface area (Å²) >= 11 is 13.0. The second-order valence-corrected chi connectivity index (χ2v) is 14.2. The van der Waals surface area contributed by atoms with Gasteiger partial charge in [-0.2, -0.15) is 0 Å². The Labute approximate surface area is 284 Å². The van der Waals surface area contributed by atoms with Crippen LogP contribution in [0.3, 0.4) is 0 Å². The number of benzene rings is 2. The molecule has 0 radical (unpaired) electrons. The third kappa shape index (κ3) is 4.71. The van der Waals surface area contributed by atoms with Gasteiger partial charge in [0.05, 0.1) is 45.5 Å². The SMILES string of the molecule is COc1cc(C2C3=CCC4C(=O)N(CCCC(=O)O)C(=O)C4C3CC3C(=O)N(c4ccc(F)c(Cl)c4)C(=O)C32C)c(Br)c(Br)c1O. The molecule has 1 saturated carbocycles. The minimum atomic E-state index is -1.41. The summed E-state index contributed by atoms with van der Waals surface area (Å²) in [6, 6.07) is 5.18. The maximum Gasteiger partial charge on any atom is 0.303 e. The zero-order valence-electron chi connectivity index (χ0n) is 24.6. The number of halogens is 4. The lowest BCUT2D eigenvalue weighted by molar-refractivity contribution is -0.142. The molecule has 242 valence electrons. The Balaban J connectivity index is 1.51. The van der Waals surface area contributed by atoms with Crippen molar-refractivity contribution < 1.29 is 43.3 Å². The van der Waals surface area contributed by atoms with Crippen molar-refractivity contribution in [3.63, 3.8) is 0 Å². The Bertz CT molecular complexity index is 1770. The molecule has 0 aromatic heterocycles. The fraction of sp³-hybridized carbons (Fsp3) is 0.406. The number of phenols is 1. The van der Waals surface area contributed by atoms with Crippen molar-refractivity contribution in [2.24, 2.45) is 29.1 Å². The number of ether oxygens (including phenoxy) is 1. The number of carboxylic acid groups (broad SMARTS) is 1. The molecular weight excluding hydrogens is 755 g/mol. The number of imide groups is 2. The lowest BCUT2D eigenvalue weighted by atomic mass is 9.51. The molecular formula is C32H28Br2ClFN2O8. The second kappa shape index (κ2) is 11.7. The van der Waals surface area contributed by atoms with E-state index in [1.54, 1.807) is 13.0 Å². The number of anilines is 1. The van der Waals surface area contributed by atoms with Crippen LogP contribution in [0.5, 0.6) is 11.5 Å². The molecule has 10 nitrogen and oxygen atoms in total. The smallest absolute Gasteiger partial charge is 0.303 e. The largest absolute Gasteiger partial charge is 0.503 e. The number of amides is 4. The predicted molar refractivity (Wildman–Crippen MR) is 170 cm³/mol. The minimum absolute atomic E-state index is 0.0340. The summed E-state index contributed by atoms with van der Waals surface area (Å²) in [7, 11) is 1.38. The molecule has 2 aliphatic carbocycles. The fourth-order valence-electron chi connectivity index (χ4n) is 7.88. The summed E-state index contributed by atoms with van der Waals surface area (Å²) in [6.07, 6.45) is 2.08. The summed E-state index contributed by atoms with van der Waals surface area (Å²) in [5.41, 5.74) is -0.0947. The van der Waals surface area contributed by atoms with E-state index < -0.39 is 64.5 Å². The average Bonchev–Trinajstić information content (AvgIpc) is 3.37. The summed E-state index contributed by atoms with van der Waals surface area (Å²) in [6.45, 7) is 1.66. The van der Waals surface area contributed by atoms with Crippen LogP contribution in [0.4, 0.5) is 10.1 Å². The third-order valence-corrected chi connectivity index (χ3v) is 12.5. The Hall–Kier alpha value is -3.29. The molecule has 2 N–H and O–H groups in total. The van der Waals surface area contributed by atoms with Crippen LogP contribution in [-0.4, -0.2) is 58.4 Å². The first-order valence-corrected chi connectivity index (χ1v) is 16.6. The van der Waals surface area contributed by atoms with Gasteiger partial charge in [0.1, 0.15) is 5.82 Å². The number of hydrogen-bond donors (Lipinski definition) is 2. The van der Waals surface area contributed by atoms with Gasteiger partial charge >= 0.3 is 5.97 Å². The third-order valence-electron chi connectivity index (χ3n) is 10.0. The van der Waals surface area contributed by atoms with Crippen LogP contribution in [0, 0.1) is 34.9 Å². The summed E-state index contributed by atoms with van der Waals surface area (Å²) in [5, 5.41) is 19.6. The number of likely N-dealkylation sites (tertiary alicyclic amines) is 1. The maximum atomic E-state index is 14.6. The van der Waals surface area contributed by atoms with Crippen LogP contribution in [0.2, 0.25) is 5.02 Å². The lowest BCUT2D eigenvalue weighted by Crippen LogP contribution is -2.49. The molecule has 4 amide bonds. The standard InChI is InChI=1S/C32H28Br2ClFN2O8/c1-32-18(29(43)38(31(32)45)13-5-8-20(36)19(35)10-13)11-16-14(24(32)17-12-21(46-2)27(41)26(34)25(17)33)6-7-15-23(16)30(44)37(28(15)42)9-3-4-22(39)40/h5-6,8,10,12,15-16,18,23-24,41H,3-4,7,9,11H2,1-2H3,(H,39,40). The van der Waals surface area contributed by atoms with Crippen molar-refractivity contribution in [3.8, 4) is 11.5 Å². The van der Waals surface area contributed by atoms with E-state index in [4.69, 9.17) is 21.4 Å². The number of rotatable bonds is 7. The van der Waals surface area contributed by atoms with Crippen LogP contribution in [0.1, 0.15) is 44.1 Å². The molecule has 3 fully saturated rings. The monoisotopic (exact) mass is 780 g/mol. The number of allylic oxidation sites excluding steroid dienone is 2. The highest BCUT2D eigenvalue weighted by Crippen LogP contribution is 2.65. The van der Waals surface area contributed by atoms with E-state index in [1.807, 2.05) is 6.08 Å². The topological polar surface area (TPSA) is 142 Å². The molecule has 4 aliphatic rings. The first-order chi connectivity index (χ1) is 21.7. The van der Waals surface area contributed by atoms with Gasteiger partial charge in [-0.3, -0.25) is 28.9 Å². The first kappa shape index (κ1) is 32.6. The zero-order valence-corrected chi connectivity index (χ0v) is 28.5. The van der Waals surface area contributed by atoms with E-state index in [2.05, 4.69) is 31.9 Å². The van der Waals surface area contributed by atoms with Crippen LogP contribution >= 0.6 is 43.5 Å². The molecule has 6 rings (SSSR count).